The molecule has 1 saturated carbocycles. The fraction of sp³-hybridized carbons (Fsp3) is 0.933. The van der Waals surface area contributed by atoms with E-state index >= 15 is 0 Å². The van der Waals surface area contributed by atoms with Gasteiger partial charge in [0.2, 0.25) is 5.91 Å². The van der Waals surface area contributed by atoms with Crippen LogP contribution < -0.4 is 5.73 Å². The summed E-state index contributed by atoms with van der Waals surface area (Å²) < 4.78 is 0. The molecule has 0 radical (unpaired) electrons. The van der Waals surface area contributed by atoms with Gasteiger partial charge in [0.1, 0.15) is 0 Å². The number of carbonyl (C=O) groups is 1. The second kappa shape index (κ2) is 6.71. The second-order valence-corrected chi connectivity index (χ2v) is 6.40. The van der Waals surface area contributed by atoms with Gasteiger partial charge in [0, 0.05) is 25.7 Å². The Morgan fingerprint density at radius 3 is 2.79 bits per heavy atom. The number of rotatable bonds is 5. The fourth-order valence-electron chi connectivity index (χ4n) is 3.63. The van der Waals surface area contributed by atoms with Gasteiger partial charge in [0.05, 0.1) is 5.92 Å². The Morgan fingerprint density at radius 2 is 2.16 bits per heavy atom. The van der Waals surface area contributed by atoms with Crippen LogP contribution in [-0.4, -0.2) is 55.0 Å². The monoisotopic (exact) mass is 267 g/mol. The van der Waals surface area contributed by atoms with Gasteiger partial charge in [0.15, 0.2) is 0 Å². The van der Waals surface area contributed by atoms with Crippen LogP contribution in [0.1, 0.15) is 39.0 Å². The predicted octanol–water partition coefficient (Wildman–Crippen LogP) is 1.30. The Balaban J connectivity index is 1.79. The Bertz CT molecular complexity index is 308. The van der Waals surface area contributed by atoms with E-state index in [1.165, 1.54) is 6.42 Å². The van der Waals surface area contributed by atoms with Gasteiger partial charge in [-0.15, -0.1) is 0 Å². The lowest BCUT2D eigenvalue weighted by Crippen LogP contribution is -2.41. The first-order valence-corrected chi connectivity index (χ1v) is 7.84. The van der Waals surface area contributed by atoms with Crippen LogP contribution in [-0.2, 0) is 4.79 Å². The Labute approximate surface area is 117 Å². The lowest BCUT2D eigenvalue weighted by atomic mass is 10.0. The molecule has 1 saturated heterocycles. The van der Waals surface area contributed by atoms with Gasteiger partial charge in [-0.1, -0.05) is 13.3 Å². The highest BCUT2D eigenvalue weighted by Gasteiger charge is 2.36. The Morgan fingerprint density at radius 1 is 1.37 bits per heavy atom. The van der Waals surface area contributed by atoms with Crippen molar-refractivity contribution in [2.75, 3.05) is 33.2 Å². The average Bonchev–Trinajstić information content (AvgIpc) is 2.98. The summed E-state index contributed by atoms with van der Waals surface area (Å²) >= 11 is 0. The third kappa shape index (κ3) is 3.69. The van der Waals surface area contributed by atoms with Gasteiger partial charge in [-0.25, -0.2) is 0 Å². The first-order chi connectivity index (χ1) is 9.11. The van der Waals surface area contributed by atoms with Gasteiger partial charge in [-0.2, -0.15) is 0 Å². The molecule has 2 fully saturated rings. The average molecular weight is 267 g/mol. The SMILES string of the molecule is CCCN(C)C[C@@H]1CCN(C(=O)[C@@H]2CCC[C@H]2N)C1. The van der Waals surface area contributed by atoms with Crippen LogP contribution in [0.3, 0.4) is 0 Å². The summed E-state index contributed by atoms with van der Waals surface area (Å²) in [4.78, 5) is 16.9. The van der Waals surface area contributed by atoms with Crippen LogP contribution >= 0.6 is 0 Å². The Kier molecular flexibility index (Phi) is 5.22. The van der Waals surface area contributed by atoms with E-state index in [2.05, 4.69) is 23.8 Å². The molecular weight excluding hydrogens is 238 g/mol. The third-order valence-electron chi connectivity index (χ3n) is 4.66. The smallest absolute Gasteiger partial charge is 0.227 e. The third-order valence-corrected chi connectivity index (χ3v) is 4.66. The first kappa shape index (κ1) is 14.8. The standard InChI is InChI=1S/C15H29N3O/c1-3-8-17(2)10-12-7-9-18(11-12)15(19)13-5-4-6-14(13)16/h12-14H,3-11,16H2,1-2H3/t12-,13+,14+/m0/s1. The van der Waals surface area contributed by atoms with Crippen molar-refractivity contribution in [3.8, 4) is 0 Å². The molecule has 19 heavy (non-hydrogen) atoms. The molecule has 1 aliphatic carbocycles. The molecular formula is C15H29N3O. The van der Waals surface area contributed by atoms with Crippen molar-refractivity contribution >= 4 is 5.91 Å². The van der Waals surface area contributed by atoms with Crippen molar-refractivity contribution in [3.63, 3.8) is 0 Å². The number of amides is 1. The second-order valence-electron chi connectivity index (χ2n) is 6.40. The van der Waals surface area contributed by atoms with E-state index in [-0.39, 0.29) is 12.0 Å². The lowest BCUT2D eigenvalue weighted by molar-refractivity contribution is -0.134. The molecule has 0 aromatic carbocycles. The summed E-state index contributed by atoms with van der Waals surface area (Å²) in [5.74, 6) is 1.08. The van der Waals surface area contributed by atoms with Gasteiger partial charge >= 0.3 is 0 Å². The maximum absolute atomic E-state index is 12.4. The van der Waals surface area contributed by atoms with Crippen LogP contribution in [0.5, 0.6) is 0 Å². The molecule has 2 aliphatic rings. The van der Waals surface area contributed by atoms with Crippen molar-refractivity contribution in [2.24, 2.45) is 17.6 Å². The molecule has 1 heterocycles. The number of likely N-dealkylation sites (tertiary alicyclic amines) is 1. The first-order valence-electron chi connectivity index (χ1n) is 7.84. The molecule has 1 amide bonds. The minimum atomic E-state index is 0.104. The maximum Gasteiger partial charge on any atom is 0.227 e. The van der Waals surface area contributed by atoms with Crippen LogP contribution in [0.4, 0.5) is 0 Å². The number of nitrogens with two attached hydrogens (primary N) is 1. The van der Waals surface area contributed by atoms with Gasteiger partial charge in [0.25, 0.3) is 0 Å². The number of hydrogen-bond acceptors (Lipinski definition) is 3. The van der Waals surface area contributed by atoms with E-state index < -0.39 is 0 Å². The molecule has 4 nitrogen and oxygen atoms in total. The zero-order valence-electron chi connectivity index (χ0n) is 12.5. The molecule has 2 rings (SSSR count). The fourth-order valence-corrected chi connectivity index (χ4v) is 3.63. The van der Waals surface area contributed by atoms with Crippen LogP contribution in [0.2, 0.25) is 0 Å². The van der Waals surface area contributed by atoms with Crippen LogP contribution in [0.15, 0.2) is 0 Å². The highest BCUT2D eigenvalue weighted by atomic mass is 16.2. The van der Waals surface area contributed by atoms with E-state index in [9.17, 15) is 4.79 Å². The molecule has 0 aromatic rings. The summed E-state index contributed by atoms with van der Waals surface area (Å²) in [6, 6.07) is 0.106. The zero-order valence-corrected chi connectivity index (χ0v) is 12.5. The van der Waals surface area contributed by atoms with Crippen LogP contribution in [0, 0.1) is 11.8 Å². The molecule has 4 heteroatoms. The minimum Gasteiger partial charge on any atom is -0.342 e. The highest BCUT2D eigenvalue weighted by Crippen LogP contribution is 2.28. The summed E-state index contributed by atoms with van der Waals surface area (Å²) in [6.07, 6.45) is 5.49. The summed E-state index contributed by atoms with van der Waals surface area (Å²) in [5, 5.41) is 0. The van der Waals surface area contributed by atoms with E-state index in [0.717, 1.165) is 51.9 Å². The number of carbonyl (C=O) groups excluding carboxylic acids is 1. The number of hydrogen-bond donors (Lipinski definition) is 1. The number of nitrogens with zero attached hydrogens (tertiary/aromatic N) is 2. The summed E-state index contributed by atoms with van der Waals surface area (Å²) in [6.45, 7) is 6.36. The Hall–Kier alpha value is -0.610. The van der Waals surface area contributed by atoms with Gasteiger partial charge in [-0.05, 0) is 45.2 Å². The lowest BCUT2D eigenvalue weighted by Gasteiger charge is -2.24. The van der Waals surface area contributed by atoms with E-state index in [0.29, 0.717) is 11.8 Å². The largest absolute Gasteiger partial charge is 0.342 e. The van der Waals surface area contributed by atoms with Crippen molar-refractivity contribution in [1.29, 1.82) is 0 Å². The molecule has 110 valence electrons. The van der Waals surface area contributed by atoms with Crippen molar-refractivity contribution in [3.05, 3.63) is 0 Å². The molecule has 0 spiro atoms. The minimum absolute atomic E-state index is 0.104. The molecule has 1 aliphatic heterocycles. The van der Waals surface area contributed by atoms with Crippen molar-refractivity contribution < 1.29 is 4.79 Å². The van der Waals surface area contributed by atoms with Gasteiger partial charge < -0.3 is 15.5 Å². The highest BCUT2D eigenvalue weighted by molar-refractivity contribution is 5.80. The summed E-state index contributed by atoms with van der Waals surface area (Å²) in [5.41, 5.74) is 6.05. The van der Waals surface area contributed by atoms with Crippen LogP contribution in [0.25, 0.3) is 0 Å². The van der Waals surface area contributed by atoms with E-state index in [1.807, 2.05) is 0 Å². The molecule has 0 aromatic heterocycles. The topological polar surface area (TPSA) is 49.6 Å². The van der Waals surface area contributed by atoms with Crippen molar-refractivity contribution in [1.82, 2.24) is 9.80 Å². The molecule has 0 unspecified atom stereocenters. The molecule has 3 atom stereocenters. The van der Waals surface area contributed by atoms with Gasteiger partial charge in [-0.3, -0.25) is 4.79 Å². The zero-order chi connectivity index (χ0) is 13.8. The maximum atomic E-state index is 12.4. The summed E-state index contributed by atoms with van der Waals surface area (Å²) in [7, 11) is 2.18. The predicted molar refractivity (Wildman–Crippen MR) is 77.8 cm³/mol. The van der Waals surface area contributed by atoms with E-state index in [4.69, 9.17) is 5.73 Å². The molecule has 2 N–H and O–H groups in total. The van der Waals surface area contributed by atoms with E-state index in [1.54, 1.807) is 0 Å². The van der Waals surface area contributed by atoms with Crippen molar-refractivity contribution in [2.45, 2.75) is 45.1 Å². The molecule has 0 bridgehead atoms. The quantitative estimate of drug-likeness (QED) is 0.817. The normalized spacial score (nSPS) is 31.4.